The minimum Gasteiger partial charge on any atom is -0.348 e. The molecule has 0 bridgehead atoms. The van der Waals surface area contributed by atoms with Gasteiger partial charge in [-0.05, 0) is 10.8 Å². The lowest BCUT2D eigenvalue weighted by Gasteiger charge is -2.29. The second-order valence-electron chi connectivity index (χ2n) is 7.45. The van der Waals surface area contributed by atoms with Gasteiger partial charge in [0.05, 0.1) is 18.1 Å². The Hall–Kier alpha value is -3.45. The lowest BCUT2D eigenvalue weighted by Crippen LogP contribution is -2.46. The van der Waals surface area contributed by atoms with Crippen LogP contribution in [0.3, 0.4) is 0 Å². The number of nitrogens with two attached hydrogens (primary N) is 1. The van der Waals surface area contributed by atoms with Crippen LogP contribution in [0.15, 0.2) is 55.0 Å². The number of amides is 1. The molecule has 4 aromatic rings. The Morgan fingerprint density at radius 1 is 1.21 bits per heavy atom. The summed E-state index contributed by atoms with van der Waals surface area (Å²) in [6, 6.07) is 13.9. The van der Waals surface area contributed by atoms with E-state index < -0.39 is 6.04 Å². The van der Waals surface area contributed by atoms with Gasteiger partial charge in [0.2, 0.25) is 5.91 Å². The van der Waals surface area contributed by atoms with Crippen molar-refractivity contribution in [1.29, 1.82) is 0 Å². The number of hydrogen-bond acceptors (Lipinski definition) is 4. The molecule has 1 aliphatic heterocycles. The Labute approximate surface area is 167 Å². The van der Waals surface area contributed by atoms with E-state index in [1.54, 1.807) is 12.5 Å². The Bertz CT molecular complexity index is 1160. The molecule has 0 radical (unpaired) electrons. The fourth-order valence-corrected chi connectivity index (χ4v) is 4.09. The third-order valence-electron chi connectivity index (χ3n) is 5.60. The monoisotopic (exact) mass is 386 g/mol. The van der Waals surface area contributed by atoms with E-state index in [4.69, 9.17) is 5.73 Å². The number of benzene rings is 2. The van der Waals surface area contributed by atoms with Gasteiger partial charge < -0.3 is 15.6 Å². The van der Waals surface area contributed by atoms with Crippen molar-refractivity contribution in [3.8, 4) is 11.3 Å². The third-order valence-corrected chi connectivity index (χ3v) is 5.60. The fourth-order valence-electron chi connectivity index (χ4n) is 4.09. The number of imidazole rings is 1. The van der Waals surface area contributed by atoms with Crippen LogP contribution in [0.5, 0.6) is 0 Å². The van der Waals surface area contributed by atoms with E-state index in [1.165, 1.54) is 5.39 Å². The molecule has 7 nitrogen and oxygen atoms in total. The van der Waals surface area contributed by atoms with Crippen LogP contribution in [0.2, 0.25) is 0 Å². The summed E-state index contributed by atoms with van der Waals surface area (Å²) in [5, 5.41) is 10.1. The second kappa shape index (κ2) is 7.18. The highest BCUT2D eigenvalue weighted by Crippen LogP contribution is 2.33. The summed E-state index contributed by atoms with van der Waals surface area (Å²) in [5.41, 5.74) is 11.2. The molecule has 7 heteroatoms. The van der Waals surface area contributed by atoms with Gasteiger partial charge in [-0.2, -0.15) is 5.10 Å². The molecule has 2 aromatic carbocycles. The van der Waals surface area contributed by atoms with Gasteiger partial charge in [0.25, 0.3) is 0 Å². The van der Waals surface area contributed by atoms with Crippen molar-refractivity contribution in [3.05, 3.63) is 71.9 Å². The van der Waals surface area contributed by atoms with Crippen LogP contribution in [-0.2, 0) is 24.2 Å². The topological polar surface area (TPSA) is 104 Å². The molecule has 1 amide bonds. The number of nitrogens with one attached hydrogen (secondary N) is 2. The van der Waals surface area contributed by atoms with Crippen LogP contribution < -0.4 is 5.73 Å². The first-order valence-electron chi connectivity index (χ1n) is 9.76. The Balaban J connectivity index is 1.43. The summed E-state index contributed by atoms with van der Waals surface area (Å²) in [6.45, 7) is 1.15. The van der Waals surface area contributed by atoms with E-state index in [1.807, 2.05) is 23.1 Å². The molecule has 146 valence electrons. The molecule has 0 saturated heterocycles. The van der Waals surface area contributed by atoms with Gasteiger partial charge in [0.1, 0.15) is 0 Å². The van der Waals surface area contributed by atoms with E-state index in [0.29, 0.717) is 19.5 Å². The van der Waals surface area contributed by atoms with Crippen LogP contribution >= 0.6 is 0 Å². The molecule has 1 aliphatic rings. The predicted octanol–water partition coefficient (Wildman–Crippen LogP) is 2.41. The Kier molecular flexibility index (Phi) is 4.37. The predicted molar refractivity (Wildman–Crippen MR) is 111 cm³/mol. The van der Waals surface area contributed by atoms with Crippen molar-refractivity contribution in [3.63, 3.8) is 0 Å². The smallest absolute Gasteiger partial charge is 0.240 e. The first kappa shape index (κ1) is 17.6. The number of carbonyl (C=O) groups is 1. The van der Waals surface area contributed by atoms with Crippen LogP contribution in [0.1, 0.15) is 17.0 Å². The van der Waals surface area contributed by atoms with Crippen LogP contribution in [0, 0.1) is 0 Å². The molecule has 0 aliphatic carbocycles. The highest BCUT2D eigenvalue weighted by atomic mass is 16.2. The SMILES string of the molecule is N[C@@H](Cc1cnc[nH]1)C(=O)N1CCc2[nH]nc(-c3cccc4ccccc34)c2C1. The number of carbonyl (C=O) groups excluding carboxylic acids is 1. The minimum absolute atomic E-state index is 0.0460. The summed E-state index contributed by atoms with van der Waals surface area (Å²) in [6.07, 6.45) is 4.50. The van der Waals surface area contributed by atoms with Gasteiger partial charge in [-0.1, -0.05) is 42.5 Å². The summed E-state index contributed by atoms with van der Waals surface area (Å²) >= 11 is 0. The average molecular weight is 386 g/mol. The van der Waals surface area contributed by atoms with E-state index >= 15 is 0 Å². The average Bonchev–Trinajstić information content (AvgIpc) is 3.42. The summed E-state index contributed by atoms with van der Waals surface area (Å²) in [7, 11) is 0. The zero-order valence-corrected chi connectivity index (χ0v) is 15.9. The van der Waals surface area contributed by atoms with Crippen molar-refractivity contribution >= 4 is 16.7 Å². The van der Waals surface area contributed by atoms with E-state index in [0.717, 1.165) is 40.0 Å². The van der Waals surface area contributed by atoms with Crippen molar-refractivity contribution in [2.24, 2.45) is 5.73 Å². The molecule has 2 aromatic heterocycles. The molecule has 0 spiro atoms. The lowest BCUT2D eigenvalue weighted by atomic mass is 9.96. The van der Waals surface area contributed by atoms with E-state index in [-0.39, 0.29) is 5.91 Å². The minimum atomic E-state index is -0.593. The molecule has 4 N–H and O–H groups in total. The molecule has 0 saturated carbocycles. The van der Waals surface area contributed by atoms with Gasteiger partial charge in [0, 0.05) is 54.6 Å². The fraction of sp³-hybridized carbons (Fsp3) is 0.227. The molecular formula is C22H22N6O. The van der Waals surface area contributed by atoms with E-state index in [9.17, 15) is 4.79 Å². The molecular weight excluding hydrogens is 364 g/mol. The maximum Gasteiger partial charge on any atom is 0.240 e. The quantitative estimate of drug-likeness (QED) is 0.501. The number of aromatic amines is 2. The first-order valence-corrected chi connectivity index (χ1v) is 9.76. The number of nitrogens with zero attached hydrogens (tertiary/aromatic N) is 3. The van der Waals surface area contributed by atoms with Gasteiger partial charge in [-0.15, -0.1) is 0 Å². The maximum atomic E-state index is 13.0. The Morgan fingerprint density at radius 2 is 2.07 bits per heavy atom. The van der Waals surface area contributed by atoms with Crippen LogP contribution in [0.25, 0.3) is 22.0 Å². The molecule has 29 heavy (non-hydrogen) atoms. The Morgan fingerprint density at radius 3 is 2.93 bits per heavy atom. The normalized spacial score (nSPS) is 14.7. The number of H-pyrrole nitrogens is 2. The van der Waals surface area contributed by atoms with Crippen molar-refractivity contribution in [2.75, 3.05) is 6.54 Å². The zero-order chi connectivity index (χ0) is 19.8. The zero-order valence-electron chi connectivity index (χ0n) is 15.9. The maximum absolute atomic E-state index is 13.0. The van der Waals surface area contributed by atoms with Gasteiger partial charge in [-0.3, -0.25) is 9.89 Å². The molecule has 0 fully saturated rings. The van der Waals surface area contributed by atoms with Crippen LogP contribution in [0.4, 0.5) is 0 Å². The molecule has 1 atom stereocenters. The highest BCUT2D eigenvalue weighted by Gasteiger charge is 2.29. The number of fused-ring (bicyclic) bond motifs is 2. The van der Waals surface area contributed by atoms with Crippen molar-refractivity contribution in [1.82, 2.24) is 25.1 Å². The highest BCUT2D eigenvalue weighted by molar-refractivity contribution is 5.96. The van der Waals surface area contributed by atoms with Crippen molar-refractivity contribution < 1.29 is 4.79 Å². The lowest BCUT2D eigenvalue weighted by molar-refractivity contribution is -0.133. The van der Waals surface area contributed by atoms with Gasteiger partial charge in [-0.25, -0.2) is 4.98 Å². The third kappa shape index (κ3) is 3.19. The largest absolute Gasteiger partial charge is 0.348 e. The first-order chi connectivity index (χ1) is 14.2. The van der Waals surface area contributed by atoms with Crippen LogP contribution in [-0.4, -0.2) is 43.6 Å². The summed E-state index contributed by atoms with van der Waals surface area (Å²) in [5.74, 6) is -0.0460. The molecule has 0 unspecified atom stereocenters. The summed E-state index contributed by atoms with van der Waals surface area (Å²) in [4.78, 5) is 21.8. The standard InChI is InChI=1S/C22H22N6O/c23-19(10-15-11-24-13-25-15)22(29)28-9-8-20-18(12-28)21(27-26-20)17-7-3-5-14-4-1-2-6-16(14)17/h1-7,11,13,19H,8-10,12,23H2,(H,24,25)(H,26,27)/t19-/m0/s1. The van der Waals surface area contributed by atoms with E-state index in [2.05, 4.69) is 44.4 Å². The molecule has 5 rings (SSSR count). The molecule has 3 heterocycles. The van der Waals surface area contributed by atoms with Gasteiger partial charge >= 0.3 is 0 Å². The second-order valence-corrected chi connectivity index (χ2v) is 7.45. The number of hydrogen-bond donors (Lipinski definition) is 3. The van der Waals surface area contributed by atoms with Gasteiger partial charge in [0.15, 0.2) is 0 Å². The summed E-state index contributed by atoms with van der Waals surface area (Å²) < 4.78 is 0. The number of aromatic nitrogens is 4. The van der Waals surface area contributed by atoms with Crippen molar-refractivity contribution in [2.45, 2.75) is 25.4 Å². The number of rotatable bonds is 4.